The first-order valence-corrected chi connectivity index (χ1v) is 7.92. The molecule has 2 aliphatic rings. The van der Waals surface area contributed by atoms with Crippen molar-refractivity contribution in [3.05, 3.63) is 0 Å². The highest BCUT2D eigenvalue weighted by Crippen LogP contribution is 2.21. The Morgan fingerprint density at radius 3 is 2.60 bits per heavy atom. The number of nitrogens with one attached hydrogen (secondary N) is 1. The maximum absolute atomic E-state index is 12.3. The fourth-order valence-electron chi connectivity index (χ4n) is 3.14. The molecule has 0 aromatic heterocycles. The summed E-state index contributed by atoms with van der Waals surface area (Å²) in [5.74, 6) is 0.0426. The molecule has 5 heteroatoms. The Bertz CT molecular complexity index is 340. The third kappa shape index (κ3) is 4.12. The number of amides is 2. The Labute approximate surface area is 121 Å². The fourth-order valence-corrected chi connectivity index (χ4v) is 3.14. The summed E-state index contributed by atoms with van der Waals surface area (Å²) in [4.78, 5) is 25.7. The summed E-state index contributed by atoms with van der Waals surface area (Å²) in [5, 5.41) is 3.16. The highest BCUT2D eigenvalue weighted by Gasteiger charge is 2.30. The van der Waals surface area contributed by atoms with E-state index in [1.54, 1.807) is 11.8 Å². The molecule has 114 valence electrons. The zero-order chi connectivity index (χ0) is 14.4. The first-order valence-electron chi connectivity index (χ1n) is 7.92. The van der Waals surface area contributed by atoms with E-state index in [0.29, 0.717) is 25.7 Å². The van der Waals surface area contributed by atoms with E-state index in [9.17, 15) is 9.59 Å². The molecule has 0 aromatic rings. The van der Waals surface area contributed by atoms with Crippen molar-refractivity contribution in [1.29, 1.82) is 0 Å². The minimum atomic E-state index is -0.289. The molecule has 0 spiro atoms. The summed E-state index contributed by atoms with van der Waals surface area (Å²) in [6, 6.07) is 0.342. The van der Waals surface area contributed by atoms with E-state index in [1.807, 2.05) is 0 Å². The van der Waals surface area contributed by atoms with Crippen molar-refractivity contribution in [2.24, 2.45) is 5.92 Å². The molecule has 0 aromatic carbocycles. The quantitative estimate of drug-likeness (QED) is 0.864. The number of rotatable bonds is 3. The number of hydrogen-bond donors (Lipinski definition) is 1. The van der Waals surface area contributed by atoms with Gasteiger partial charge >= 0.3 is 6.09 Å². The van der Waals surface area contributed by atoms with Crippen LogP contribution in [-0.4, -0.2) is 42.6 Å². The van der Waals surface area contributed by atoms with Crippen LogP contribution >= 0.6 is 0 Å². The summed E-state index contributed by atoms with van der Waals surface area (Å²) in [5.41, 5.74) is 0. The average molecular weight is 282 g/mol. The Balaban J connectivity index is 1.81. The highest BCUT2D eigenvalue weighted by atomic mass is 16.6. The van der Waals surface area contributed by atoms with Gasteiger partial charge in [0.1, 0.15) is 0 Å². The van der Waals surface area contributed by atoms with Crippen molar-refractivity contribution in [3.8, 4) is 0 Å². The molecule has 1 N–H and O–H groups in total. The minimum absolute atomic E-state index is 0.0740. The Morgan fingerprint density at radius 1 is 1.15 bits per heavy atom. The van der Waals surface area contributed by atoms with Gasteiger partial charge in [-0.05, 0) is 32.6 Å². The summed E-state index contributed by atoms with van der Waals surface area (Å²) in [7, 11) is 0. The highest BCUT2D eigenvalue weighted by molar-refractivity contribution is 5.80. The van der Waals surface area contributed by atoms with Crippen molar-refractivity contribution in [2.45, 2.75) is 57.9 Å². The molecular weight excluding hydrogens is 256 g/mol. The third-order valence-electron chi connectivity index (χ3n) is 4.27. The van der Waals surface area contributed by atoms with Crippen LogP contribution < -0.4 is 5.32 Å². The molecule has 1 atom stereocenters. The lowest BCUT2D eigenvalue weighted by molar-refractivity contribution is -0.127. The topological polar surface area (TPSA) is 58.6 Å². The summed E-state index contributed by atoms with van der Waals surface area (Å²) in [6.45, 7) is 3.38. The predicted molar refractivity (Wildman–Crippen MR) is 76.3 cm³/mol. The molecule has 0 bridgehead atoms. The second-order valence-corrected chi connectivity index (χ2v) is 5.83. The van der Waals surface area contributed by atoms with Crippen LogP contribution in [0.5, 0.6) is 0 Å². The smallest absolute Gasteiger partial charge is 0.409 e. The van der Waals surface area contributed by atoms with E-state index in [1.165, 1.54) is 19.3 Å². The van der Waals surface area contributed by atoms with Gasteiger partial charge < -0.3 is 15.0 Å². The molecule has 0 radical (unpaired) electrons. The van der Waals surface area contributed by atoms with Crippen molar-refractivity contribution in [1.82, 2.24) is 10.2 Å². The van der Waals surface area contributed by atoms with E-state index in [2.05, 4.69) is 5.32 Å². The number of carbonyl (C=O) groups is 2. The van der Waals surface area contributed by atoms with Gasteiger partial charge in [-0.2, -0.15) is 0 Å². The first-order chi connectivity index (χ1) is 9.70. The van der Waals surface area contributed by atoms with Crippen LogP contribution in [0.3, 0.4) is 0 Å². The molecule has 1 saturated carbocycles. The summed E-state index contributed by atoms with van der Waals surface area (Å²) < 4.78 is 5.01. The van der Waals surface area contributed by atoms with Crippen LogP contribution in [0.1, 0.15) is 51.9 Å². The van der Waals surface area contributed by atoms with Crippen molar-refractivity contribution in [3.63, 3.8) is 0 Å². The number of nitrogens with zero attached hydrogens (tertiary/aromatic N) is 1. The molecular formula is C15H26N2O3. The summed E-state index contributed by atoms with van der Waals surface area (Å²) >= 11 is 0. The van der Waals surface area contributed by atoms with Crippen LogP contribution in [0.15, 0.2) is 0 Å². The monoisotopic (exact) mass is 282 g/mol. The fraction of sp³-hybridized carbons (Fsp3) is 0.867. The van der Waals surface area contributed by atoms with Gasteiger partial charge in [0.2, 0.25) is 5.91 Å². The largest absolute Gasteiger partial charge is 0.450 e. The number of piperidine rings is 1. The van der Waals surface area contributed by atoms with Gasteiger partial charge in [-0.1, -0.05) is 19.3 Å². The van der Waals surface area contributed by atoms with Gasteiger partial charge in [0, 0.05) is 19.1 Å². The lowest BCUT2D eigenvalue weighted by Crippen LogP contribution is -2.48. The number of ether oxygens (including phenoxy) is 1. The van der Waals surface area contributed by atoms with Gasteiger partial charge in [0.15, 0.2) is 0 Å². The summed E-state index contributed by atoms with van der Waals surface area (Å²) in [6.07, 6.45) is 7.36. The Morgan fingerprint density at radius 2 is 1.90 bits per heavy atom. The molecule has 1 saturated heterocycles. The Hall–Kier alpha value is -1.26. The van der Waals surface area contributed by atoms with E-state index >= 15 is 0 Å². The molecule has 2 amide bonds. The normalized spacial score (nSPS) is 24.2. The van der Waals surface area contributed by atoms with E-state index < -0.39 is 0 Å². The van der Waals surface area contributed by atoms with E-state index in [-0.39, 0.29) is 17.9 Å². The lowest BCUT2D eigenvalue weighted by Gasteiger charge is -2.32. The second-order valence-electron chi connectivity index (χ2n) is 5.83. The third-order valence-corrected chi connectivity index (χ3v) is 4.27. The van der Waals surface area contributed by atoms with Crippen LogP contribution in [0.4, 0.5) is 4.79 Å². The molecule has 1 heterocycles. The zero-order valence-electron chi connectivity index (χ0n) is 12.4. The van der Waals surface area contributed by atoms with Gasteiger partial charge in [-0.25, -0.2) is 4.79 Å². The molecule has 5 nitrogen and oxygen atoms in total. The molecule has 1 unspecified atom stereocenters. The number of likely N-dealkylation sites (tertiary alicyclic amines) is 1. The molecule has 2 rings (SSSR count). The van der Waals surface area contributed by atoms with Gasteiger partial charge in [-0.3, -0.25) is 4.79 Å². The van der Waals surface area contributed by atoms with Gasteiger partial charge in [-0.15, -0.1) is 0 Å². The van der Waals surface area contributed by atoms with Crippen molar-refractivity contribution in [2.75, 3.05) is 19.7 Å². The molecule has 1 aliphatic heterocycles. The average Bonchev–Trinajstić information content (AvgIpc) is 2.48. The van der Waals surface area contributed by atoms with Crippen LogP contribution in [0, 0.1) is 5.92 Å². The predicted octanol–water partition coefficient (Wildman–Crippen LogP) is 2.30. The van der Waals surface area contributed by atoms with E-state index in [4.69, 9.17) is 4.74 Å². The van der Waals surface area contributed by atoms with Crippen molar-refractivity contribution >= 4 is 12.0 Å². The van der Waals surface area contributed by atoms with Gasteiger partial charge in [0.25, 0.3) is 0 Å². The Kier molecular flexibility index (Phi) is 5.68. The first kappa shape index (κ1) is 15.1. The van der Waals surface area contributed by atoms with Crippen molar-refractivity contribution < 1.29 is 14.3 Å². The number of hydrogen-bond acceptors (Lipinski definition) is 3. The zero-order valence-corrected chi connectivity index (χ0v) is 12.4. The minimum Gasteiger partial charge on any atom is -0.450 e. The van der Waals surface area contributed by atoms with Crippen LogP contribution in [0.25, 0.3) is 0 Å². The molecule has 2 fully saturated rings. The van der Waals surface area contributed by atoms with Crippen LogP contribution in [0.2, 0.25) is 0 Å². The lowest BCUT2D eigenvalue weighted by atomic mass is 9.93. The molecule has 20 heavy (non-hydrogen) atoms. The maximum atomic E-state index is 12.3. The SMILES string of the molecule is CCOC(=O)N1CCCC(C(=O)NC2CCCCC2)C1. The van der Waals surface area contributed by atoms with Gasteiger partial charge in [0.05, 0.1) is 12.5 Å². The standard InChI is InChI=1S/C15H26N2O3/c1-2-20-15(19)17-10-6-7-12(11-17)14(18)16-13-8-4-3-5-9-13/h12-13H,2-11H2,1H3,(H,16,18). The van der Waals surface area contributed by atoms with E-state index in [0.717, 1.165) is 25.7 Å². The maximum Gasteiger partial charge on any atom is 0.409 e. The molecule has 1 aliphatic carbocycles. The second kappa shape index (κ2) is 7.50. The number of carbonyl (C=O) groups excluding carboxylic acids is 2. The van der Waals surface area contributed by atoms with Crippen LogP contribution in [-0.2, 0) is 9.53 Å².